The van der Waals surface area contributed by atoms with Crippen molar-refractivity contribution in [1.82, 2.24) is 20.0 Å². The Labute approximate surface area is 234 Å². The third-order valence-electron chi connectivity index (χ3n) is 7.51. The van der Waals surface area contributed by atoms with Crippen LogP contribution in [0.1, 0.15) is 24.2 Å². The van der Waals surface area contributed by atoms with Gasteiger partial charge in [-0.3, -0.25) is 9.88 Å². The number of benzene rings is 2. The molecule has 0 unspecified atom stereocenters. The maximum atomic E-state index is 5.57. The van der Waals surface area contributed by atoms with Crippen LogP contribution in [0.4, 0.5) is 5.69 Å². The van der Waals surface area contributed by atoms with E-state index in [1.807, 2.05) is 24.4 Å². The Balaban J connectivity index is 1.12. The molecule has 0 radical (unpaired) electrons. The number of aromatic nitrogens is 3. The van der Waals surface area contributed by atoms with Gasteiger partial charge in [0, 0.05) is 55.1 Å². The lowest BCUT2D eigenvalue weighted by Gasteiger charge is -2.36. The van der Waals surface area contributed by atoms with Crippen LogP contribution in [0.5, 0.6) is 11.5 Å². The summed E-state index contributed by atoms with van der Waals surface area (Å²) in [5.41, 5.74) is 6.68. The quantitative estimate of drug-likeness (QED) is 0.270. The van der Waals surface area contributed by atoms with Gasteiger partial charge in [-0.2, -0.15) is 4.98 Å². The monoisotopic (exact) mass is 535 g/mol. The average molecular weight is 536 g/mol. The molecule has 0 amide bonds. The maximum absolute atomic E-state index is 5.57. The highest BCUT2D eigenvalue weighted by Gasteiger charge is 2.21. The van der Waals surface area contributed by atoms with Crippen molar-refractivity contribution in [2.24, 2.45) is 0 Å². The molecule has 1 fully saturated rings. The standard InChI is InChI=1S/C32H33N5O3/c1-22-5-4-6-23(8-7-22)24-9-10-28-29(19-24)33-12-11-30(28)37-15-13-36(14-16-37)21-31-34-32(40-35-31)25-17-26(38-2)20-27(18-25)39-3/h4,6,8-12,17-20H,1,5,7,13-16,21H2,2-3H3. The smallest absolute Gasteiger partial charge is 0.258 e. The summed E-state index contributed by atoms with van der Waals surface area (Å²) in [6.45, 7) is 8.39. The number of piperazine rings is 1. The summed E-state index contributed by atoms with van der Waals surface area (Å²) >= 11 is 0. The van der Waals surface area contributed by atoms with Crippen LogP contribution in [0, 0.1) is 0 Å². The van der Waals surface area contributed by atoms with E-state index < -0.39 is 0 Å². The van der Waals surface area contributed by atoms with Gasteiger partial charge in [0.25, 0.3) is 5.89 Å². The number of methoxy groups -OCH3 is 2. The Morgan fingerprint density at radius 3 is 2.50 bits per heavy atom. The second-order valence-electron chi connectivity index (χ2n) is 10.2. The van der Waals surface area contributed by atoms with Crippen molar-refractivity contribution in [3.8, 4) is 23.0 Å². The van der Waals surface area contributed by atoms with Crippen molar-refractivity contribution in [3.05, 3.63) is 90.4 Å². The molecule has 1 aliphatic carbocycles. The zero-order valence-corrected chi connectivity index (χ0v) is 23.0. The van der Waals surface area contributed by atoms with Gasteiger partial charge >= 0.3 is 0 Å². The first-order valence-electron chi connectivity index (χ1n) is 13.6. The number of pyridine rings is 1. The third kappa shape index (κ3) is 5.49. The molecule has 2 aromatic heterocycles. The van der Waals surface area contributed by atoms with Crippen LogP contribution in [0.15, 0.2) is 83.6 Å². The Bertz CT molecular complexity index is 1580. The molecular weight excluding hydrogens is 502 g/mol. The zero-order valence-electron chi connectivity index (χ0n) is 23.0. The van der Waals surface area contributed by atoms with Crippen molar-refractivity contribution in [2.75, 3.05) is 45.3 Å². The molecule has 2 aromatic carbocycles. The second kappa shape index (κ2) is 11.4. The topological polar surface area (TPSA) is 76.8 Å². The number of rotatable bonds is 7. The molecule has 8 heteroatoms. The first-order chi connectivity index (χ1) is 19.6. The number of allylic oxidation sites excluding steroid dienone is 5. The van der Waals surface area contributed by atoms with E-state index >= 15 is 0 Å². The summed E-state index contributed by atoms with van der Waals surface area (Å²) in [6.07, 6.45) is 10.4. The lowest BCUT2D eigenvalue weighted by atomic mass is 10.0. The maximum Gasteiger partial charge on any atom is 0.258 e. The number of anilines is 1. The van der Waals surface area contributed by atoms with Gasteiger partial charge < -0.3 is 18.9 Å². The zero-order chi connectivity index (χ0) is 27.5. The summed E-state index contributed by atoms with van der Waals surface area (Å²) in [7, 11) is 3.24. The van der Waals surface area contributed by atoms with E-state index in [2.05, 4.69) is 69.0 Å². The van der Waals surface area contributed by atoms with Crippen molar-refractivity contribution in [3.63, 3.8) is 0 Å². The Morgan fingerprint density at radius 1 is 0.925 bits per heavy atom. The molecule has 6 rings (SSSR count). The lowest BCUT2D eigenvalue weighted by molar-refractivity contribution is 0.240. The Kier molecular flexibility index (Phi) is 7.33. The van der Waals surface area contributed by atoms with E-state index in [4.69, 9.17) is 19.0 Å². The van der Waals surface area contributed by atoms with Gasteiger partial charge in [-0.15, -0.1) is 0 Å². The minimum Gasteiger partial charge on any atom is -0.497 e. The summed E-state index contributed by atoms with van der Waals surface area (Å²) < 4.78 is 16.3. The summed E-state index contributed by atoms with van der Waals surface area (Å²) in [6, 6.07) is 14.3. The first kappa shape index (κ1) is 25.8. The molecular formula is C32H33N5O3. The second-order valence-corrected chi connectivity index (χ2v) is 10.2. The van der Waals surface area contributed by atoms with E-state index in [0.717, 1.165) is 50.1 Å². The van der Waals surface area contributed by atoms with Crippen LogP contribution >= 0.6 is 0 Å². The van der Waals surface area contributed by atoms with Crippen LogP contribution < -0.4 is 14.4 Å². The van der Waals surface area contributed by atoms with E-state index in [-0.39, 0.29) is 0 Å². The van der Waals surface area contributed by atoms with Gasteiger partial charge in [0.2, 0.25) is 0 Å². The van der Waals surface area contributed by atoms with Crippen molar-refractivity contribution < 1.29 is 14.0 Å². The fourth-order valence-electron chi connectivity index (χ4n) is 5.27. The SMILES string of the molecule is C=C1CC=CC(c2ccc3c(N4CCN(Cc5noc(-c6cc(OC)cc(OC)c6)n5)CC4)ccnc3c2)=CC1. The molecule has 0 bridgehead atoms. The average Bonchev–Trinajstić information content (AvgIpc) is 3.35. The minimum absolute atomic E-state index is 0.452. The fourth-order valence-corrected chi connectivity index (χ4v) is 5.27. The molecule has 40 heavy (non-hydrogen) atoms. The number of ether oxygens (including phenoxy) is 2. The Hall–Kier alpha value is -4.43. The molecule has 3 heterocycles. The minimum atomic E-state index is 0.452. The highest BCUT2D eigenvalue weighted by atomic mass is 16.5. The van der Waals surface area contributed by atoms with Crippen LogP contribution in [-0.4, -0.2) is 60.4 Å². The molecule has 0 spiro atoms. The highest BCUT2D eigenvalue weighted by Crippen LogP contribution is 2.31. The molecule has 0 saturated carbocycles. The molecule has 204 valence electrons. The highest BCUT2D eigenvalue weighted by molar-refractivity contribution is 5.94. The lowest BCUT2D eigenvalue weighted by Crippen LogP contribution is -2.46. The van der Waals surface area contributed by atoms with Crippen molar-refractivity contribution >= 4 is 22.2 Å². The molecule has 4 aromatic rings. The van der Waals surface area contributed by atoms with Gasteiger partial charge in [0.05, 0.1) is 26.3 Å². The van der Waals surface area contributed by atoms with Gasteiger partial charge in [0.15, 0.2) is 5.82 Å². The van der Waals surface area contributed by atoms with E-state index in [1.165, 1.54) is 27.8 Å². The van der Waals surface area contributed by atoms with E-state index in [1.54, 1.807) is 14.2 Å². The van der Waals surface area contributed by atoms with E-state index in [0.29, 0.717) is 29.8 Å². The van der Waals surface area contributed by atoms with Crippen molar-refractivity contribution in [2.45, 2.75) is 19.4 Å². The van der Waals surface area contributed by atoms with Gasteiger partial charge in [-0.25, -0.2) is 0 Å². The number of fused-ring (bicyclic) bond motifs is 1. The van der Waals surface area contributed by atoms with Crippen molar-refractivity contribution in [1.29, 1.82) is 0 Å². The third-order valence-corrected chi connectivity index (χ3v) is 7.51. The normalized spacial score (nSPS) is 16.2. The number of nitrogens with zero attached hydrogens (tertiary/aromatic N) is 5. The fraction of sp³-hybridized carbons (Fsp3) is 0.281. The van der Waals surface area contributed by atoms with Crippen LogP contribution in [0.2, 0.25) is 0 Å². The molecule has 2 aliphatic rings. The first-order valence-corrected chi connectivity index (χ1v) is 13.6. The summed E-state index contributed by atoms with van der Waals surface area (Å²) in [5, 5.41) is 5.41. The predicted molar refractivity (Wildman–Crippen MR) is 158 cm³/mol. The molecule has 8 nitrogen and oxygen atoms in total. The summed E-state index contributed by atoms with van der Waals surface area (Å²) in [4.78, 5) is 14.1. The molecule has 1 saturated heterocycles. The Morgan fingerprint density at radius 2 is 1.73 bits per heavy atom. The van der Waals surface area contributed by atoms with Crippen LogP contribution in [0.25, 0.3) is 27.9 Å². The summed E-state index contributed by atoms with van der Waals surface area (Å²) in [5.74, 6) is 2.47. The van der Waals surface area contributed by atoms with Gasteiger partial charge in [-0.05, 0) is 48.2 Å². The van der Waals surface area contributed by atoms with Gasteiger partial charge in [0.1, 0.15) is 11.5 Å². The van der Waals surface area contributed by atoms with Gasteiger partial charge in [-0.1, -0.05) is 47.7 Å². The number of hydrogen-bond acceptors (Lipinski definition) is 8. The molecule has 0 N–H and O–H groups in total. The predicted octanol–water partition coefficient (Wildman–Crippen LogP) is 5.91. The van der Waals surface area contributed by atoms with Crippen LogP contribution in [0.3, 0.4) is 0 Å². The van der Waals surface area contributed by atoms with Crippen LogP contribution in [-0.2, 0) is 6.54 Å². The molecule has 1 aliphatic heterocycles. The molecule has 0 atom stereocenters. The van der Waals surface area contributed by atoms with E-state index in [9.17, 15) is 0 Å². The number of hydrogen-bond donors (Lipinski definition) is 0. The largest absolute Gasteiger partial charge is 0.497 e.